The summed E-state index contributed by atoms with van der Waals surface area (Å²) < 4.78 is 5.46. The second-order valence-corrected chi connectivity index (χ2v) is 7.47. The van der Waals surface area contributed by atoms with E-state index in [0.717, 1.165) is 31.2 Å². The third kappa shape index (κ3) is 7.68. The fourth-order valence-electron chi connectivity index (χ4n) is 3.64. The summed E-state index contributed by atoms with van der Waals surface area (Å²) >= 11 is 0. The van der Waals surface area contributed by atoms with E-state index in [0.29, 0.717) is 0 Å². The zero-order valence-electron chi connectivity index (χ0n) is 18.3. The summed E-state index contributed by atoms with van der Waals surface area (Å²) in [5, 5.41) is 6.84. The highest BCUT2D eigenvalue weighted by molar-refractivity contribution is 5.79. The molecule has 0 unspecified atom stereocenters. The van der Waals surface area contributed by atoms with Gasteiger partial charge in [0.1, 0.15) is 5.75 Å². The lowest BCUT2D eigenvalue weighted by molar-refractivity contribution is 0.136. The summed E-state index contributed by atoms with van der Waals surface area (Å²) in [4.78, 5) is 9.45. The SMILES string of the molecule is CCN1CCN(CCCCNC(=NC)NCCc2cc(C)ccc2OC)CC1. The van der Waals surface area contributed by atoms with Gasteiger partial charge in [-0.25, -0.2) is 0 Å². The molecule has 2 N–H and O–H groups in total. The van der Waals surface area contributed by atoms with Crippen molar-refractivity contribution in [2.24, 2.45) is 4.99 Å². The standard InChI is InChI=1S/C22H39N5O/c1-5-26-14-16-27(17-15-26)13-7-6-11-24-22(23-3)25-12-10-20-18-19(2)8-9-21(20)28-4/h8-9,18H,5-7,10-17H2,1-4H3,(H2,23,24,25). The van der Waals surface area contributed by atoms with Gasteiger partial charge in [-0.15, -0.1) is 0 Å². The van der Waals surface area contributed by atoms with Crippen molar-refractivity contribution in [1.29, 1.82) is 0 Å². The molecule has 1 fully saturated rings. The molecule has 6 nitrogen and oxygen atoms in total. The number of hydrogen-bond acceptors (Lipinski definition) is 4. The van der Waals surface area contributed by atoms with Crippen LogP contribution in [0.25, 0.3) is 0 Å². The molecule has 0 saturated carbocycles. The molecule has 0 aliphatic carbocycles. The van der Waals surface area contributed by atoms with Crippen LogP contribution < -0.4 is 15.4 Å². The molecule has 0 aromatic heterocycles. The third-order valence-electron chi connectivity index (χ3n) is 5.45. The van der Waals surface area contributed by atoms with Gasteiger partial charge in [-0.1, -0.05) is 24.6 Å². The number of piperazine rings is 1. The minimum absolute atomic E-state index is 0.835. The number of unbranched alkanes of at least 4 members (excludes halogenated alkanes) is 1. The van der Waals surface area contributed by atoms with E-state index in [1.165, 1.54) is 63.2 Å². The van der Waals surface area contributed by atoms with Gasteiger partial charge in [0, 0.05) is 46.3 Å². The Morgan fingerprint density at radius 2 is 1.79 bits per heavy atom. The summed E-state index contributed by atoms with van der Waals surface area (Å²) in [6, 6.07) is 6.32. The van der Waals surface area contributed by atoms with Crippen LogP contribution in [0, 0.1) is 6.92 Å². The maximum absolute atomic E-state index is 5.46. The topological polar surface area (TPSA) is 52.1 Å². The van der Waals surface area contributed by atoms with Crippen LogP contribution in [0.2, 0.25) is 0 Å². The third-order valence-corrected chi connectivity index (χ3v) is 5.45. The zero-order chi connectivity index (χ0) is 20.2. The van der Waals surface area contributed by atoms with Crippen molar-refractivity contribution in [2.45, 2.75) is 33.1 Å². The number of nitrogens with zero attached hydrogens (tertiary/aromatic N) is 3. The lowest BCUT2D eigenvalue weighted by Gasteiger charge is -2.34. The number of aryl methyl sites for hydroxylation is 1. The minimum Gasteiger partial charge on any atom is -0.496 e. The Bertz CT molecular complexity index is 597. The molecule has 0 spiro atoms. The summed E-state index contributed by atoms with van der Waals surface area (Å²) in [6.07, 6.45) is 3.31. The molecule has 28 heavy (non-hydrogen) atoms. The van der Waals surface area contributed by atoms with E-state index >= 15 is 0 Å². The summed E-state index contributed by atoms with van der Waals surface area (Å²) in [5.41, 5.74) is 2.49. The summed E-state index contributed by atoms with van der Waals surface area (Å²) in [5.74, 6) is 1.83. The summed E-state index contributed by atoms with van der Waals surface area (Å²) in [6.45, 7) is 13.4. The normalized spacial score (nSPS) is 16.2. The van der Waals surface area contributed by atoms with Crippen molar-refractivity contribution in [3.05, 3.63) is 29.3 Å². The Kier molecular flexibility index (Phi) is 10.1. The number of methoxy groups -OCH3 is 1. The molecule has 0 atom stereocenters. The van der Waals surface area contributed by atoms with E-state index in [1.807, 2.05) is 13.1 Å². The lowest BCUT2D eigenvalue weighted by Crippen LogP contribution is -2.46. The number of guanidine groups is 1. The summed E-state index contributed by atoms with van der Waals surface area (Å²) in [7, 11) is 3.56. The van der Waals surface area contributed by atoms with E-state index in [-0.39, 0.29) is 0 Å². The Balaban J connectivity index is 1.58. The van der Waals surface area contributed by atoms with Gasteiger partial charge in [-0.3, -0.25) is 4.99 Å². The van der Waals surface area contributed by atoms with Crippen LogP contribution in [0.1, 0.15) is 30.9 Å². The molecule has 0 amide bonds. The van der Waals surface area contributed by atoms with Crippen molar-refractivity contribution in [3.8, 4) is 5.75 Å². The highest BCUT2D eigenvalue weighted by Crippen LogP contribution is 2.19. The van der Waals surface area contributed by atoms with Gasteiger partial charge in [0.15, 0.2) is 5.96 Å². The number of rotatable bonds is 10. The number of nitrogens with one attached hydrogen (secondary N) is 2. The zero-order valence-corrected chi connectivity index (χ0v) is 18.3. The van der Waals surface area contributed by atoms with E-state index in [4.69, 9.17) is 4.74 Å². The molecule has 158 valence electrons. The quantitative estimate of drug-likeness (QED) is 0.365. The van der Waals surface area contributed by atoms with Gasteiger partial charge in [0.25, 0.3) is 0 Å². The molecule has 1 aromatic carbocycles. The Morgan fingerprint density at radius 1 is 1.07 bits per heavy atom. The van der Waals surface area contributed by atoms with E-state index < -0.39 is 0 Å². The molecule has 0 bridgehead atoms. The number of ether oxygens (including phenoxy) is 1. The first-order valence-electron chi connectivity index (χ1n) is 10.7. The van der Waals surface area contributed by atoms with Gasteiger partial charge in [-0.2, -0.15) is 0 Å². The fourth-order valence-corrected chi connectivity index (χ4v) is 3.64. The molecule has 1 heterocycles. The molecule has 1 saturated heterocycles. The van der Waals surface area contributed by atoms with Gasteiger partial charge >= 0.3 is 0 Å². The first-order chi connectivity index (χ1) is 13.7. The molecule has 1 aliphatic rings. The number of benzene rings is 1. The Hall–Kier alpha value is -1.79. The van der Waals surface area contributed by atoms with Crippen molar-refractivity contribution >= 4 is 5.96 Å². The van der Waals surface area contributed by atoms with E-state index in [1.54, 1.807) is 7.11 Å². The van der Waals surface area contributed by atoms with Gasteiger partial charge < -0.3 is 25.2 Å². The highest BCUT2D eigenvalue weighted by Gasteiger charge is 2.14. The predicted molar refractivity (Wildman–Crippen MR) is 119 cm³/mol. The maximum Gasteiger partial charge on any atom is 0.190 e. The Morgan fingerprint density at radius 3 is 2.46 bits per heavy atom. The monoisotopic (exact) mass is 389 g/mol. The first kappa shape index (κ1) is 22.5. The fraction of sp³-hybridized carbons (Fsp3) is 0.682. The largest absolute Gasteiger partial charge is 0.496 e. The molecule has 1 aliphatic heterocycles. The average Bonchev–Trinajstić information content (AvgIpc) is 2.72. The smallest absolute Gasteiger partial charge is 0.190 e. The lowest BCUT2D eigenvalue weighted by atomic mass is 10.1. The van der Waals surface area contributed by atoms with Crippen LogP contribution in [0.3, 0.4) is 0 Å². The average molecular weight is 390 g/mol. The molecule has 6 heteroatoms. The molecular formula is C22H39N5O. The van der Waals surface area contributed by atoms with Crippen LogP contribution in [0.4, 0.5) is 0 Å². The van der Waals surface area contributed by atoms with Gasteiger partial charge in [0.05, 0.1) is 7.11 Å². The van der Waals surface area contributed by atoms with Crippen molar-refractivity contribution in [1.82, 2.24) is 20.4 Å². The van der Waals surface area contributed by atoms with Crippen LogP contribution >= 0.6 is 0 Å². The second-order valence-electron chi connectivity index (χ2n) is 7.47. The molecule has 0 radical (unpaired) electrons. The van der Waals surface area contributed by atoms with Gasteiger partial charge in [-0.05, 0) is 50.9 Å². The van der Waals surface area contributed by atoms with Crippen molar-refractivity contribution < 1.29 is 4.74 Å². The molecular weight excluding hydrogens is 350 g/mol. The van der Waals surface area contributed by atoms with Crippen molar-refractivity contribution in [3.63, 3.8) is 0 Å². The maximum atomic E-state index is 5.46. The van der Waals surface area contributed by atoms with Crippen LogP contribution in [0.15, 0.2) is 23.2 Å². The number of aliphatic imine (C=N–C) groups is 1. The van der Waals surface area contributed by atoms with Crippen LogP contribution in [-0.2, 0) is 6.42 Å². The first-order valence-corrected chi connectivity index (χ1v) is 10.7. The number of likely N-dealkylation sites (N-methyl/N-ethyl adjacent to an activating group) is 1. The van der Waals surface area contributed by atoms with Crippen LogP contribution in [-0.4, -0.2) is 82.3 Å². The van der Waals surface area contributed by atoms with Gasteiger partial charge in [0.2, 0.25) is 0 Å². The number of hydrogen-bond donors (Lipinski definition) is 2. The van der Waals surface area contributed by atoms with E-state index in [9.17, 15) is 0 Å². The second kappa shape index (κ2) is 12.6. The van der Waals surface area contributed by atoms with E-state index in [2.05, 4.69) is 51.4 Å². The van der Waals surface area contributed by atoms with Crippen molar-refractivity contribution in [2.75, 3.05) is 66.5 Å². The Labute approximate surface area is 171 Å². The molecule has 1 aromatic rings. The highest BCUT2D eigenvalue weighted by atomic mass is 16.5. The minimum atomic E-state index is 0.835. The molecule has 2 rings (SSSR count). The predicted octanol–water partition coefficient (Wildman–Crippen LogP) is 2.13. The van der Waals surface area contributed by atoms with Crippen LogP contribution in [0.5, 0.6) is 5.75 Å².